The lowest BCUT2D eigenvalue weighted by Crippen LogP contribution is -2.24. The number of hydrogen-bond donors (Lipinski definition) is 3. The average Bonchev–Trinajstić information content (AvgIpc) is 2.51. The van der Waals surface area contributed by atoms with E-state index in [2.05, 4.69) is 5.48 Å². The van der Waals surface area contributed by atoms with Crippen LogP contribution in [-0.2, 0) is 9.57 Å². The third-order valence-corrected chi connectivity index (χ3v) is 1.83. The van der Waals surface area contributed by atoms with Gasteiger partial charge < -0.3 is 14.9 Å². The molecule has 1 heterocycles. The van der Waals surface area contributed by atoms with E-state index in [9.17, 15) is 0 Å². The van der Waals surface area contributed by atoms with Crippen LogP contribution >= 0.6 is 12.2 Å². The molecular formula is C7H13NO4S. The summed E-state index contributed by atoms with van der Waals surface area (Å²) in [5.41, 5.74) is 2.56. The van der Waals surface area contributed by atoms with Gasteiger partial charge in [0.1, 0.15) is 17.2 Å². The van der Waals surface area contributed by atoms with Crippen LogP contribution in [0.4, 0.5) is 0 Å². The van der Waals surface area contributed by atoms with Gasteiger partial charge in [0.25, 0.3) is 0 Å². The summed E-state index contributed by atoms with van der Waals surface area (Å²) in [6.07, 6.45) is -0.260. The fourth-order valence-electron chi connectivity index (χ4n) is 0.920. The van der Waals surface area contributed by atoms with Gasteiger partial charge >= 0.3 is 0 Å². The lowest BCUT2D eigenvalue weighted by molar-refractivity contribution is -0.0483. The van der Waals surface area contributed by atoms with Crippen LogP contribution in [0.5, 0.6) is 0 Å². The first kappa shape index (κ1) is 10.8. The Labute approximate surface area is 81.6 Å². The monoisotopic (exact) mass is 207 g/mol. The minimum Gasteiger partial charge on any atom is -0.394 e. The number of hydrogen-bond acceptors (Lipinski definition) is 5. The zero-order valence-electron chi connectivity index (χ0n) is 7.10. The van der Waals surface area contributed by atoms with Crippen molar-refractivity contribution in [3.05, 3.63) is 0 Å². The van der Waals surface area contributed by atoms with E-state index in [1.165, 1.54) is 0 Å². The number of hydroxylamine groups is 1. The zero-order chi connectivity index (χ0) is 9.68. The molecule has 1 saturated heterocycles. The standard InChI is InChI=1S/C7H13NO4S/c9-2-5(10)3-11-4-6-1-7(13)8-12-6/h5-6,9-10H,1-4H2,(H,8,13). The predicted octanol–water partition coefficient (Wildman–Crippen LogP) is -1.02. The van der Waals surface area contributed by atoms with Crippen LogP contribution in [0.1, 0.15) is 6.42 Å². The third-order valence-electron chi connectivity index (χ3n) is 1.58. The van der Waals surface area contributed by atoms with Crippen LogP contribution in [-0.4, -0.2) is 47.2 Å². The number of rotatable bonds is 5. The molecule has 0 amide bonds. The number of aliphatic hydroxyl groups excluding tert-OH is 2. The summed E-state index contributed by atoms with van der Waals surface area (Å²) in [7, 11) is 0. The van der Waals surface area contributed by atoms with Crippen molar-refractivity contribution in [2.75, 3.05) is 19.8 Å². The topological polar surface area (TPSA) is 71.0 Å². The van der Waals surface area contributed by atoms with Gasteiger partial charge in [-0.3, -0.25) is 10.3 Å². The lowest BCUT2D eigenvalue weighted by Gasteiger charge is -2.10. The van der Waals surface area contributed by atoms with Crippen molar-refractivity contribution in [1.29, 1.82) is 0 Å². The summed E-state index contributed by atoms with van der Waals surface area (Å²) in [5.74, 6) is 0. The van der Waals surface area contributed by atoms with Crippen LogP contribution in [0.3, 0.4) is 0 Å². The van der Waals surface area contributed by atoms with Gasteiger partial charge in [-0.15, -0.1) is 0 Å². The molecule has 1 aliphatic rings. The molecule has 6 heteroatoms. The van der Waals surface area contributed by atoms with E-state index in [0.717, 1.165) is 0 Å². The molecule has 0 aromatic heterocycles. The Hall–Kier alpha value is -0.270. The maximum absolute atomic E-state index is 8.93. The normalized spacial score (nSPS) is 24.5. The van der Waals surface area contributed by atoms with Crippen molar-refractivity contribution >= 4 is 17.2 Å². The number of thiocarbonyl (C=S) groups is 1. The van der Waals surface area contributed by atoms with Crippen LogP contribution in [0.2, 0.25) is 0 Å². The van der Waals surface area contributed by atoms with E-state index in [0.29, 0.717) is 18.0 Å². The fraction of sp³-hybridized carbons (Fsp3) is 0.857. The second-order valence-corrected chi connectivity index (χ2v) is 3.34. The molecule has 3 N–H and O–H groups in total. The van der Waals surface area contributed by atoms with Crippen molar-refractivity contribution in [1.82, 2.24) is 5.48 Å². The number of nitrogens with one attached hydrogen (secondary N) is 1. The first-order valence-electron chi connectivity index (χ1n) is 4.03. The van der Waals surface area contributed by atoms with E-state index in [1.807, 2.05) is 0 Å². The Bertz CT molecular complexity index is 178. The Morgan fingerprint density at radius 2 is 2.54 bits per heavy atom. The highest BCUT2D eigenvalue weighted by Crippen LogP contribution is 2.06. The summed E-state index contributed by atoms with van der Waals surface area (Å²) in [5, 5.41) is 17.4. The Morgan fingerprint density at radius 1 is 1.77 bits per heavy atom. The lowest BCUT2D eigenvalue weighted by atomic mass is 10.3. The summed E-state index contributed by atoms with van der Waals surface area (Å²) in [6.45, 7) is 0.190. The highest BCUT2D eigenvalue weighted by atomic mass is 32.1. The van der Waals surface area contributed by atoms with E-state index < -0.39 is 6.10 Å². The largest absolute Gasteiger partial charge is 0.394 e. The molecule has 5 nitrogen and oxygen atoms in total. The average molecular weight is 207 g/mol. The summed E-state index contributed by atoms with van der Waals surface area (Å²) < 4.78 is 5.08. The van der Waals surface area contributed by atoms with Crippen LogP contribution in [0.25, 0.3) is 0 Å². The molecule has 0 bridgehead atoms. The maximum Gasteiger partial charge on any atom is 0.115 e. The van der Waals surface area contributed by atoms with Gasteiger partial charge in [-0.05, 0) is 0 Å². The van der Waals surface area contributed by atoms with Gasteiger partial charge in [-0.2, -0.15) is 0 Å². The van der Waals surface area contributed by atoms with Gasteiger partial charge in [0.15, 0.2) is 0 Å². The SMILES string of the molecule is OCC(O)COCC1CC(=S)NO1. The van der Waals surface area contributed by atoms with Crippen molar-refractivity contribution in [2.45, 2.75) is 18.6 Å². The summed E-state index contributed by atoms with van der Waals surface area (Å²) in [4.78, 5) is 5.68. The van der Waals surface area contributed by atoms with E-state index in [1.54, 1.807) is 0 Å². The first-order chi connectivity index (χ1) is 6.22. The molecule has 0 aromatic carbocycles. The third kappa shape index (κ3) is 3.97. The minimum absolute atomic E-state index is 0.0848. The quantitative estimate of drug-likeness (QED) is 0.501. The van der Waals surface area contributed by atoms with Crippen molar-refractivity contribution in [2.24, 2.45) is 0 Å². The molecule has 0 radical (unpaired) electrons. The van der Waals surface area contributed by atoms with Gasteiger partial charge in [-0.1, -0.05) is 12.2 Å². The molecule has 0 aromatic rings. The molecule has 0 saturated carbocycles. The molecule has 2 unspecified atom stereocenters. The van der Waals surface area contributed by atoms with Gasteiger partial charge in [0.2, 0.25) is 0 Å². The Balaban J connectivity index is 2.03. The molecule has 13 heavy (non-hydrogen) atoms. The highest BCUT2D eigenvalue weighted by Gasteiger charge is 2.20. The fourth-order valence-corrected chi connectivity index (χ4v) is 1.15. The summed E-state index contributed by atoms with van der Waals surface area (Å²) in [6, 6.07) is 0. The molecule has 0 aliphatic carbocycles. The van der Waals surface area contributed by atoms with E-state index >= 15 is 0 Å². The van der Waals surface area contributed by atoms with Crippen LogP contribution in [0, 0.1) is 0 Å². The maximum atomic E-state index is 8.93. The predicted molar refractivity (Wildman–Crippen MR) is 49.1 cm³/mol. The Kier molecular flexibility index (Phi) is 4.54. The molecular weight excluding hydrogens is 194 g/mol. The number of ether oxygens (including phenoxy) is 1. The zero-order valence-corrected chi connectivity index (χ0v) is 7.92. The first-order valence-corrected chi connectivity index (χ1v) is 4.44. The molecule has 2 atom stereocenters. The van der Waals surface area contributed by atoms with E-state index in [4.69, 9.17) is 32.0 Å². The number of aliphatic hydroxyl groups is 2. The van der Waals surface area contributed by atoms with Gasteiger partial charge in [0, 0.05) is 6.42 Å². The molecule has 0 spiro atoms. The van der Waals surface area contributed by atoms with Gasteiger partial charge in [0.05, 0.1) is 19.8 Å². The van der Waals surface area contributed by atoms with Gasteiger partial charge in [-0.25, -0.2) is 0 Å². The minimum atomic E-state index is -0.818. The molecule has 1 aliphatic heterocycles. The Morgan fingerprint density at radius 3 is 3.08 bits per heavy atom. The molecule has 76 valence electrons. The highest BCUT2D eigenvalue weighted by molar-refractivity contribution is 7.80. The van der Waals surface area contributed by atoms with Crippen LogP contribution < -0.4 is 5.48 Å². The van der Waals surface area contributed by atoms with Crippen molar-refractivity contribution < 1.29 is 19.8 Å². The smallest absolute Gasteiger partial charge is 0.115 e. The van der Waals surface area contributed by atoms with Crippen LogP contribution in [0.15, 0.2) is 0 Å². The van der Waals surface area contributed by atoms with Crippen molar-refractivity contribution in [3.8, 4) is 0 Å². The summed E-state index contributed by atoms with van der Waals surface area (Å²) >= 11 is 4.84. The molecule has 1 fully saturated rings. The molecule has 1 rings (SSSR count). The van der Waals surface area contributed by atoms with Crippen molar-refractivity contribution in [3.63, 3.8) is 0 Å². The second-order valence-electron chi connectivity index (χ2n) is 2.84. The second kappa shape index (κ2) is 5.46. The van der Waals surface area contributed by atoms with E-state index in [-0.39, 0.29) is 19.3 Å².